The van der Waals surface area contributed by atoms with Crippen LogP contribution in [0, 0.1) is 5.92 Å². The molecule has 1 heterocycles. The van der Waals surface area contributed by atoms with Crippen molar-refractivity contribution in [2.24, 2.45) is 10.9 Å². The van der Waals surface area contributed by atoms with Gasteiger partial charge in [-0.25, -0.2) is 0 Å². The minimum absolute atomic E-state index is 0.146. The Bertz CT molecular complexity index is 293. The summed E-state index contributed by atoms with van der Waals surface area (Å²) in [5, 5.41) is 1.77. The Balaban J connectivity index is 2.56. The van der Waals surface area contributed by atoms with Crippen LogP contribution in [-0.2, 0) is 0 Å². The fourth-order valence-corrected chi connectivity index (χ4v) is 4.11. The second-order valence-electron chi connectivity index (χ2n) is 6.07. The zero-order valence-electron chi connectivity index (χ0n) is 12.8. The molecule has 2 heteroatoms. The van der Waals surface area contributed by atoms with Crippen molar-refractivity contribution in [3.63, 3.8) is 0 Å². The first kappa shape index (κ1) is 15.9. The van der Waals surface area contributed by atoms with Gasteiger partial charge in [0.05, 0.1) is 25.5 Å². The Labute approximate surface area is 115 Å². The SMILES string of the molecule is CC1=[P+](C)CCC(C)N=CCC(C)CCCCC1. The van der Waals surface area contributed by atoms with E-state index in [0.29, 0.717) is 6.04 Å². The predicted molar refractivity (Wildman–Crippen MR) is 87.8 cm³/mol. The highest BCUT2D eigenvalue weighted by Gasteiger charge is 2.11. The van der Waals surface area contributed by atoms with Gasteiger partial charge >= 0.3 is 0 Å². The molecule has 18 heavy (non-hydrogen) atoms. The van der Waals surface area contributed by atoms with Crippen molar-refractivity contribution in [3.05, 3.63) is 0 Å². The van der Waals surface area contributed by atoms with Crippen LogP contribution in [0.1, 0.15) is 65.7 Å². The Kier molecular flexibility index (Phi) is 7.82. The summed E-state index contributed by atoms with van der Waals surface area (Å²) in [5.74, 6) is 0.817. The summed E-state index contributed by atoms with van der Waals surface area (Å²) < 4.78 is 0. The summed E-state index contributed by atoms with van der Waals surface area (Å²) in [6.45, 7) is 9.47. The van der Waals surface area contributed by atoms with E-state index in [1.165, 1.54) is 51.1 Å². The molecular formula is C16H31NP+. The van der Waals surface area contributed by atoms with Crippen molar-refractivity contribution in [1.82, 2.24) is 0 Å². The zero-order chi connectivity index (χ0) is 13.4. The molecule has 1 aliphatic rings. The fourth-order valence-electron chi connectivity index (χ4n) is 2.43. The van der Waals surface area contributed by atoms with Crippen molar-refractivity contribution >= 4 is 19.1 Å². The lowest BCUT2D eigenvalue weighted by Gasteiger charge is -2.10. The van der Waals surface area contributed by atoms with Crippen LogP contribution in [-0.4, -0.2) is 30.4 Å². The molecule has 0 amide bonds. The summed E-state index contributed by atoms with van der Waals surface area (Å²) in [4.78, 5) is 4.70. The van der Waals surface area contributed by atoms with E-state index in [1.54, 1.807) is 5.29 Å². The smallest absolute Gasteiger partial charge is 0.108 e. The maximum absolute atomic E-state index is 4.70. The zero-order valence-corrected chi connectivity index (χ0v) is 13.7. The summed E-state index contributed by atoms with van der Waals surface area (Å²) in [5.41, 5.74) is 0. The Morgan fingerprint density at radius 3 is 2.72 bits per heavy atom. The molecule has 0 fully saturated rings. The lowest BCUT2D eigenvalue weighted by molar-refractivity contribution is 0.509. The number of rotatable bonds is 0. The molecule has 0 aliphatic carbocycles. The van der Waals surface area contributed by atoms with Gasteiger partial charge in [-0.1, -0.05) is 26.2 Å². The topological polar surface area (TPSA) is 12.4 Å². The van der Waals surface area contributed by atoms with Gasteiger partial charge in [-0.15, -0.1) is 0 Å². The highest BCUT2D eigenvalue weighted by Crippen LogP contribution is 2.25. The third-order valence-electron chi connectivity index (χ3n) is 4.14. The maximum Gasteiger partial charge on any atom is 0.108 e. The first-order chi connectivity index (χ1) is 8.59. The van der Waals surface area contributed by atoms with Gasteiger partial charge in [0.15, 0.2) is 0 Å². The third-order valence-corrected chi connectivity index (χ3v) is 6.59. The van der Waals surface area contributed by atoms with E-state index in [4.69, 9.17) is 4.99 Å². The summed E-state index contributed by atoms with van der Waals surface area (Å²) in [6, 6.07) is 0.526. The molecule has 0 radical (unpaired) electrons. The Hall–Kier alpha value is -0.160. The van der Waals surface area contributed by atoms with Crippen molar-refractivity contribution in [1.29, 1.82) is 0 Å². The van der Waals surface area contributed by atoms with E-state index in [1.807, 2.05) is 0 Å². The van der Waals surface area contributed by atoms with Crippen molar-refractivity contribution in [2.75, 3.05) is 12.8 Å². The fraction of sp³-hybridized carbons (Fsp3) is 0.875. The molecule has 1 nitrogen and oxygen atoms in total. The van der Waals surface area contributed by atoms with Crippen LogP contribution in [0.15, 0.2) is 4.99 Å². The highest BCUT2D eigenvalue weighted by molar-refractivity contribution is 7.58. The van der Waals surface area contributed by atoms with Gasteiger partial charge in [0.1, 0.15) is 6.16 Å². The first-order valence-electron chi connectivity index (χ1n) is 7.64. The highest BCUT2D eigenvalue weighted by atomic mass is 31.1. The standard InChI is InChI=1S/C16H31NP/c1-14-8-6-5-7-9-16(3)18(4)13-11-15(2)17-12-10-14/h12,14-15H,5-11,13H2,1-4H3/q+1. The second-order valence-corrected chi connectivity index (χ2v) is 8.67. The minimum Gasteiger partial charge on any atom is -0.294 e. The molecular weight excluding hydrogens is 237 g/mol. The van der Waals surface area contributed by atoms with Gasteiger partial charge < -0.3 is 0 Å². The molecule has 3 unspecified atom stereocenters. The van der Waals surface area contributed by atoms with E-state index in [-0.39, 0.29) is 7.55 Å². The average molecular weight is 268 g/mol. The van der Waals surface area contributed by atoms with Crippen LogP contribution in [0.5, 0.6) is 0 Å². The van der Waals surface area contributed by atoms with Gasteiger partial charge in [0.2, 0.25) is 0 Å². The lowest BCUT2D eigenvalue weighted by Crippen LogP contribution is -2.04. The lowest BCUT2D eigenvalue weighted by atomic mass is 10.00. The normalized spacial score (nSPS) is 31.1. The number of hydrogen-bond donors (Lipinski definition) is 0. The van der Waals surface area contributed by atoms with Crippen LogP contribution in [0.25, 0.3) is 0 Å². The average Bonchev–Trinajstić information content (AvgIpc) is 2.34. The molecule has 0 spiro atoms. The number of aliphatic imine (C=N–C) groups is 1. The van der Waals surface area contributed by atoms with Crippen LogP contribution < -0.4 is 0 Å². The molecule has 1 aliphatic heterocycles. The van der Waals surface area contributed by atoms with Gasteiger partial charge in [-0.05, 0) is 38.8 Å². The van der Waals surface area contributed by atoms with Crippen molar-refractivity contribution in [2.45, 2.75) is 71.8 Å². The molecule has 0 bridgehead atoms. The van der Waals surface area contributed by atoms with E-state index in [9.17, 15) is 0 Å². The summed E-state index contributed by atoms with van der Waals surface area (Å²) in [7, 11) is 0.146. The molecule has 0 aromatic rings. The molecule has 0 N–H and O–H groups in total. The van der Waals surface area contributed by atoms with Crippen LogP contribution >= 0.6 is 7.55 Å². The molecule has 3 atom stereocenters. The van der Waals surface area contributed by atoms with E-state index in [2.05, 4.69) is 33.7 Å². The van der Waals surface area contributed by atoms with E-state index >= 15 is 0 Å². The first-order valence-corrected chi connectivity index (χ1v) is 9.62. The van der Waals surface area contributed by atoms with Crippen LogP contribution in [0.4, 0.5) is 0 Å². The molecule has 0 saturated carbocycles. The Morgan fingerprint density at radius 2 is 1.94 bits per heavy atom. The molecule has 0 saturated heterocycles. The largest absolute Gasteiger partial charge is 0.294 e. The van der Waals surface area contributed by atoms with E-state index in [0.717, 1.165) is 5.92 Å². The van der Waals surface area contributed by atoms with Crippen LogP contribution in [0.3, 0.4) is 0 Å². The van der Waals surface area contributed by atoms with Gasteiger partial charge in [0.25, 0.3) is 0 Å². The number of hydrogen-bond acceptors (Lipinski definition) is 1. The quantitative estimate of drug-likeness (QED) is 0.540. The van der Waals surface area contributed by atoms with Crippen molar-refractivity contribution < 1.29 is 0 Å². The van der Waals surface area contributed by atoms with E-state index < -0.39 is 0 Å². The number of nitrogens with zero attached hydrogens (tertiary/aromatic N) is 1. The minimum atomic E-state index is 0.146. The third kappa shape index (κ3) is 6.69. The second kappa shape index (κ2) is 8.86. The molecule has 1 rings (SSSR count). The maximum atomic E-state index is 4.70. The summed E-state index contributed by atoms with van der Waals surface area (Å²) in [6.07, 6.45) is 13.0. The summed E-state index contributed by atoms with van der Waals surface area (Å²) >= 11 is 0. The molecule has 0 aromatic heterocycles. The predicted octanol–water partition coefficient (Wildman–Crippen LogP) is 5.13. The van der Waals surface area contributed by atoms with Crippen molar-refractivity contribution in [3.8, 4) is 0 Å². The van der Waals surface area contributed by atoms with Gasteiger partial charge in [0, 0.05) is 12.8 Å². The monoisotopic (exact) mass is 268 g/mol. The van der Waals surface area contributed by atoms with Gasteiger partial charge in [-0.3, -0.25) is 4.99 Å². The van der Waals surface area contributed by atoms with Crippen LogP contribution in [0.2, 0.25) is 0 Å². The molecule has 0 aromatic carbocycles. The van der Waals surface area contributed by atoms with Gasteiger partial charge in [-0.2, -0.15) is 0 Å². The molecule has 104 valence electrons. The Morgan fingerprint density at radius 1 is 1.17 bits per heavy atom.